The van der Waals surface area contributed by atoms with Crippen LogP contribution in [0, 0.1) is 5.92 Å². The molecule has 1 aliphatic heterocycles. The van der Waals surface area contributed by atoms with Crippen LogP contribution in [-0.4, -0.2) is 29.1 Å². The van der Waals surface area contributed by atoms with Crippen molar-refractivity contribution >= 4 is 22.4 Å². The number of nitrogens with two attached hydrogens (primary N) is 1. The Hall–Kier alpha value is -1.14. The maximum absolute atomic E-state index is 10.8. The molecule has 0 spiro atoms. The van der Waals surface area contributed by atoms with Gasteiger partial charge in [-0.2, -0.15) is 0 Å². The highest BCUT2D eigenvalue weighted by atomic mass is 32.1. The molecule has 0 aromatic carbocycles. The Labute approximate surface area is 111 Å². The van der Waals surface area contributed by atoms with Gasteiger partial charge in [-0.1, -0.05) is 13.3 Å². The van der Waals surface area contributed by atoms with E-state index < -0.39 is 12.0 Å². The van der Waals surface area contributed by atoms with Crippen molar-refractivity contribution in [3.05, 3.63) is 11.1 Å². The number of hydrogen-bond acceptors (Lipinski definition) is 5. The summed E-state index contributed by atoms with van der Waals surface area (Å²) in [6.07, 6.45) is 3.64. The predicted octanol–water partition coefficient (Wildman–Crippen LogP) is 1.85. The van der Waals surface area contributed by atoms with Gasteiger partial charge >= 0.3 is 5.97 Å². The van der Waals surface area contributed by atoms with Gasteiger partial charge in [-0.25, -0.2) is 4.98 Å². The lowest BCUT2D eigenvalue weighted by Gasteiger charge is -2.31. The zero-order valence-electron chi connectivity index (χ0n) is 10.5. The second kappa shape index (κ2) is 5.67. The molecule has 6 heteroatoms. The summed E-state index contributed by atoms with van der Waals surface area (Å²) in [5.74, 6) is -0.309. The molecule has 100 valence electrons. The second-order valence-corrected chi connectivity index (χ2v) is 5.57. The number of rotatable bonds is 4. The van der Waals surface area contributed by atoms with Crippen molar-refractivity contribution in [1.29, 1.82) is 0 Å². The standard InChI is InChI=1S/C12H19N3O2S/c1-2-8-4-3-5-15(6-8)12-14-9(7-18-12)10(13)11(16)17/h7-8,10H,2-6,13H2,1H3,(H,16,17). The SMILES string of the molecule is CCC1CCCN(c2nc(C(N)C(=O)O)cs2)C1. The lowest BCUT2D eigenvalue weighted by molar-refractivity contribution is -0.138. The van der Waals surface area contributed by atoms with E-state index in [-0.39, 0.29) is 0 Å². The van der Waals surface area contributed by atoms with Gasteiger partial charge in [0.2, 0.25) is 0 Å². The van der Waals surface area contributed by atoms with E-state index in [0.717, 1.165) is 24.1 Å². The summed E-state index contributed by atoms with van der Waals surface area (Å²) >= 11 is 1.49. The molecule has 0 aliphatic carbocycles. The van der Waals surface area contributed by atoms with Crippen molar-refractivity contribution in [1.82, 2.24) is 4.98 Å². The van der Waals surface area contributed by atoms with Gasteiger partial charge in [0.1, 0.15) is 6.04 Å². The van der Waals surface area contributed by atoms with Gasteiger partial charge in [0.25, 0.3) is 0 Å². The highest BCUT2D eigenvalue weighted by Gasteiger charge is 2.23. The molecule has 18 heavy (non-hydrogen) atoms. The van der Waals surface area contributed by atoms with E-state index in [1.807, 2.05) is 0 Å². The van der Waals surface area contributed by atoms with Crippen molar-refractivity contribution < 1.29 is 9.90 Å². The molecule has 2 heterocycles. The molecule has 1 aliphatic rings. The number of hydrogen-bond donors (Lipinski definition) is 2. The lowest BCUT2D eigenvalue weighted by atomic mass is 9.96. The Morgan fingerprint density at radius 1 is 1.78 bits per heavy atom. The molecule has 5 nitrogen and oxygen atoms in total. The molecule has 2 unspecified atom stereocenters. The Morgan fingerprint density at radius 3 is 3.22 bits per heavy atom. The van der Waals surface area contributed by atoms with Crippen molar-refractivity contribution in [3.63, 3.8) is 0 Å². The van der Waals surface area contributed by atoms with E-state index >= 15 is 0 Å². The zero-order valence-corrected chi connectivity index (χ0v) is 11.3. The van der Waals surface area contributed by atoms with E-state index in [1.165, 1.54) is 30.6 Å². The molecule has 2 atom stereocenters. The Bertz CT molecular complexity index is 421. The third-order valence-corrected chi connectivity index (χ3v) is 4.38. The predicted molar refractivity (Wildman–Crippen MR) is 71.9 cm³/mol. The first-order valence-electron chi connectivity index (χ1n) is 6.30. The fourth-order valence-electron chi connectivity index (χ4n) is 2.26. The van der Waals surface area contributed by atoms with Gasteiger partial charge in [-0.15, -0.1) is 11.3 Å². The Kier molecular flexibility index (Phi) is 4.19. The van der Waals surface area contributed by atoms with E-state index in [4.69, 9.17) is 10.8 Å². The number of piperidine rings is 1. The van der Waals surface area contributed by atoms with Gasteiger partial charge in [-0.05, 0) is 18.8 Å². The van der Waals surface area contributed by atoms with Gasteiger partial charge in [-0.3, -0.25) is 4.79 Å². The van der Waals surface area contributed by atoms with Crippen LogP contribution in [0.4, 0.5) is 5.13 Å². The van der Waals surface area contributed by atoms with Crippen LogP contribution >= 0.6 is 11.3 Å². The van der Waals surface area contributed by atoms with Crippen molar-refractivity contribution in [2.75, 3.05) is 18.0 Å². The largest absolute Gasteiger partial charge is 0.480 e. The van der Waals surface area contributed by atoms with E-state index in [9.17, 15) is 4.79 Å². The fraction of sp³-hybridized carbons (Fsp3) is 0.667. The number of carboxylic acid groups (broad SMARTS) is 1. The number of aliphatic carboxylic acids is 1. The quantitative estimate of drug-likeness (QED) is 0.872. The first-order valence-corrected chi connectivity index (χ1v) is 7.18. The number of thiazole rings is 1. The maximum atomic E-state index is 10.8. The second-order valence-electron chi connectivity index (χ2n) is 4.73. The smallest absolute Gasteiger partial charge is 0.326 e. The van der Waals surface area contributed by atoms with E-state index in [2.05, 4.69) is 16.8 Å². The molecule has 0 saturated carbocycles. The number of carbonyl (C=O) groups is 1. The average Bonchev–Trinajstić information content (AvgIpc) is 2.87. The number of aromatic nitrogens is 1. The summed E-state index contributed by atoms with van der Waals surface area (Å²) in [6, 6.07) is -1.01. The molecule has 1 fully saturated rings. The molecule has 1 aromatic heterocycles. The summed E-state index contributed by atoms with van der Waals surface area (Å²) in [4.78, 5) is 17.4. The minimum Gasteiger partial charge on any atom is -0.480 e. The highest BCUT2D eigenvalue weighted by Crippen LogP contribution is 2.28. The summed E-state index contributed by atoms with van der Waals surface area (Å²) in [7, 11) is 0. The monoisotopic (exact) mass is 269 g/mol. The fourth-order valence-corrected chi connectivity index (χ4v) is 3.16. The first kappa shape index (κ1) is 13.3. The third kappa shape index (κ3) is 2.81. The molecule has 0 radical (unpaired) electrons. The average molecular weight is 269 g/mol. The molecule has 0 bridgehead atoms. The minimum absolute atomic E-state index is 0.459. The molecule has 0 amide bonds. The number of nitrogens with zero attached hydrogens (tertiary/aromatic N) is 2. The van der Waals surface area contributed by atoms with Crippen LogP contribution in [0.2, 0.25) is 0 Å². The van der Waals surface area contributed by atoms with Crippen LogP contribution in [-0.2, 0) is 4.79 Å². The Balaban J connectivity index is 2.07. The molecule has 2 rings (SSSR count). The molecule has 1 saturated heterocycles. The number of anilines is 1. The highest BCUT2D eigenvalue weighted by molar-refractivity contribution is 7.13. The van der Waals surface area contributed by atoms with Crippen LogP contribution in [0.25, 0.3) is 0 Å². The zero-order chi connectivity index (χ0) is 13.1. The molecule has 3 N–H and O–H groups in total. The summed E-state index contributed by atoms with van der Waals surface area (Å²) < 4.78 is 0. The summed E-state index contributed by atoms with van der Waals surface area (Å²) in [6.45, 7) is 4.24. The number of carboxylic acids is 1. The van der Waals surface area contributed by atoms with Gasteiger partial charge in [0, 0.05) is 18.5 Å². The minimum atomic E-state index is -1.03. The molecular weight excluding hydrogens is 250 g/mol. The first-order chi connectivity index (χ1) is 8.61. The van der Waals surface area contributed by atoms with Gasteiger partial charge in [0.15, 0.2) is 5.13 Å². The molecular formula is C12H19N3O2S. The van der Waals surface area contributed by atoms with Crippen LogP contribution in [0.5, 0.6) is 0 Å². The van der Waals surface area contributed by atoms with Gasteiger partial charge in [0.05, 0.1) is 5.69 Å². The van der Waals surface area contributed by atoms with E-state index in [0.29, 0.717) is 5.69 Å². The van der Waals surface area contributed by atoms with Crippen LogP contribution in [0.1, 0.15) is 37.9 Å². The van der Waals surface area contributed by atoms with Crippen LogP contribution in [0.15, 0.2) is 5.38 Å². The van der Waals surface area contributed by atoms with Crippen molar-refractivity contribution in [2.24, 2.45) is 11.7 Å². The van der Waals surface area contributed by atoms with E-state index in [1.54, 1.807) is 5.38 Å². The van der Waals surface area contributed by atoms with Gasteiger partial charge < -0.3 is 15.7 Å². The summed E-state index contributed by atoms with van der Waals surface area (Å²) in [5.41, 5.74) is 6.02. The summed E-state index contributed by atoms with van der Waals surface area (Å²) in [5, 5.41) is 11.5. The lowest BCUT2D eigenvalue weighted by Crippen LogP contribution is -2.35. The normalized spacial score (nSPS) is 21.9. The Morgan fingerprint density at radius 2 is 2.56 bits per heavy atom. The van der Waals surface area contributed by atoms with Crippen molar-refractivity contribution in [3.8, 4) is 0 Å². The van der Waals surface area contributed by atoms with Crippen LogP contribution in [0.3, 0.4) is 0 Å². The molecule has 1 aromatic rings. The topological polar surface area (TPSA) is 79.5 Å². The van der Waals surface area contributed by atoms with Crippen LogP contribution < -0.4 is 10.6 Å². The maximum Gasteiger partial charge on any atom is 0.326 e. The van der Waals surface area contributed by atoms with Crippen molar-refractivity contribution in [2.45, 2.75) is 32.2 Å². The third-order valence-electron chi connectivity index (χ3n) is 3.46.